The first-order chi connectivity index (χ1) is 9.86. The summed E-state index contributed by atoms with van der Waals surface area (Å²) in [6.45, 7) is 5.86. The summed E-state index contributed by atoms with van der Waals surface area (Å²) >= 11 is 0. The average Bonchev–Trinajstić information content (AvgIpc) is 2.44. The van der Waals surface area contributed by atoms with Gasteiger partial charge in [-0.2, -0.15) is 4.31 Å². The molecule has 1 N–H and O–H groups in total. The lowest BCUT2D eigenvalue weighted by Gasteiger charge is -2.27. The minimum absolute atomic E-state index is 0.123. The van der Waals surface area contributed by atoms with Gasteiger partial charge >= 0.3 is 0 Å². The van der Waals surface area contributed by atoms with Crippen molar-refractivity contribution in [1.29, 1.82) is 0 Å². The highest BCUT2D eigenvalue weighted by Gasteiger charge is 2.24. The number of sulfonamides is 1. The van der Waals surface area contributed by atoms with Crippen LogP contribution in [-0.2, 0) is 14.8 Å². The molecule has 0 spiro atoms. The minimum atomic E-state index is -3.40. The molecule has 1 unspecified atom stereocenters. The van der Waals surface area contributed by atoms with Crippen LogP contribution in [0.15, 0.2) is 43.0 Å². The fraction of sp³-hybridized carbons (Fsp3) is 0.400. The van der Waals surface area contributed by atoms with E-state index in [-0.39, 0.29) is 24.9 Å². The molecule has 1 amide bonds. The van der Waals surface area contributed by atoms with Crippen molar-refractivity contribution in [3.05, 3.63) is 48.6 Å². The van der Waals surface area contributed by atoms with Gasteiger partial charge < -0.3 is 5.32 Å². The van der Waals surface area contributed by atoms with Crippen molar-refractivity contribution in [2.45, 2.75) is 19.4 Å². The molecular formula is C15H22N2O3S. The smallest absolute Gasteiger partial charge is 0.221 e. The maximum Gasteiger partial charge on any atom is 0.221 e. The molecule has 0 radical (unpaired) electrons. The molecule has 0 heterocycles. The van der Waals surface area contributed by atoms with Gasteiger partial charge in [0.15, 0.2) is 0 Å². The molecule has 5 nitrogen and oxygen atoms in total. The minimum Gasteiger partial charge on any atom is -0.353 e. The second-order valence-electron chi connectivity index (χ2n) is 4.80. The van der Waals surface area contributed by atoms with Crippen LogP contribution in [0.4, 0.5) is 0 Å². The highest BCUT2D eigenvalue weighted by Crippen LogP contribution is 2.22. The summed E-state index contributed by atoms with van der Waals surface area (Å²) in [6.07, 6.45) is 2.87. The Labute approximate surface area is 126 Å². The predicted octanol–water partition coefficient (Wildman–Crippen LogP) is 1.70. The fourth-order valence-corrected chi connectivity index (χ4v) is 3.15. The third-order valence-electron chi connectivity index (χ3n) is 3.14. The number of rotatable bonds is 8. The lowest BCUT2D eigenvalue weighted by Crippen LogP contribution is -2.36. The van der Waals surface area contributed by atoms with E-state index in [1.165, 1.54) is 4.31 Å². The van der Waals surface area contributed by atoms with E-state index < -0.39 is 10.0 Å². The number of benzene rings is 1. The molecule has 0 aromatic heterocycles. The van der Waals surface area contributed by atoms with Crippen LogP contribution in [0.3, 0.4) is 0 Å². The summed E-state index contributed by atoms with van der Waals surface area (Å²) in [5.41, 5.74) is 0.898. The second kappa shape index (κ2) is 7.95. The first-order valence-corrected chi connectivity index (χ1v) is 8.60. The molecule has 1 aromatic rings. The van der Waals surface area contributed by atoms with Gasteiger partial charge in [0, 0.05) is 25.6 Å². The van der Waals surface area contributed by atoms with Gasteiger partial charge in [0.05, 0.1) is 6.26 Å². The highest BCUT2D eigenvalue weighted by molar-refractivity contribution is 7.88. The monoisotopic (exact) mass is 310 g/mol. The number of carbonyl (C=O) groups excluding carboxylic acids is 1. The van der Waals surface area contributed by atoms with Crippen molar-refractivity contribution < 1.29 is 13.2 Å². The van der Waals surface area contributed by atoms with Gasteiger partial charge in [-0.25, -0.2) is 8.42 Å². The average molecular weight is 310 g/mol. The summed E-state index contributed by atoms with van der Waals surface area (Å²) in [4.78, 5) is 11.6. The molecule has 1 rings (SSSR count). The molecule has 0 aliphatic heterocycles. The van der Waals surface area contributed by atoms with Gasteiger partial charge in [0.25, 0.3) is 0 Å². The van der Waals surface area contributed by atoms with E-state index in [0.29, 0.717) is 6.54 Å². The Balaban J connectivity index is 2.78. The summed E-state index contributed by atoms with van der Waals surface area (Å²) in [5.74, 6) is -0.191. The van der Waals surface area contributed by atoms with Crippen LogP contribution >= 0.6 is 0 Å². The van der Waals surface area contributed by atoms with Crippen molar-refractivity contribution in [3.63, 3.8) is 0 Å². The summed E-state index contributed by atoms with van der Waals surface area (Å²) in [7, 11) is -3.40. The first-order valence-electron chi connectivity index (χ1n) is 6.75. The molecule has 6 heteroatoms. The van der Waals surface area contributed by atoms with Gasteiger partial charge in [-0.3, -0.25) is 4.79 Å². The topological polar surface area (TPSA) is 66.5 Å². The summed E-state index contributed by atoms with van der Waals surface area (Å²) < 4.78 is 25.2. The number of hydrogen-bond acceptors (Lipinski definition) is 3. The van der Waals surface area contributed by atoms with E-state index in [0.717, 1.165) is 11.8 Å². The van der Waals surface area contributed by atoms with Crippen LogP contribution in [0.5, 0.6) is 0 Å². The van der Waals surface area contributed by atoms with Crippen LogP contribution in [0.25, 0.3) is 0 Å². The van der Waals surface area contributed by atoms with Gasteiger partial charge in [-0.05, 0) is 12.5 Å². The molecule has 0 fully saturated rings. The third-order valence-corrected chi connectivity index (χ3v) is 4.49. The van der Waals surface area contributed by atoms with Crippen LogP contribution in [0, 0.1) is 0 Å². The Bertz CT molecular complexity index is 570. The van der Waals surface area contributed by atoms with Crippen LogP contribution in [0.2, 0.25) is 0 Å². The molecule has 1 atom stereocenters. The lowest BCUT2D eigenvalue weighted by atomic mass is 10.1. The highest BCUT2D eigenvalue weighted by atomic mass is 32.2. The molecule has 0 saturated heterocycles. The van der Waals surface area contributed by atoms with Gasteiger partial charge in [-0.15, -0.1) is 6.58 Å². The molecule has 0 aliphatic rings. The van der Waals surface area contributed by atoms with Crippen molar-refractivity contribution in [2.24, 2.45) is 0 Å². The van der Waals surface area contributed by atoms with Crippen molar-refractivity contribution >= 4 is 15.9 Å². The molecule has 0 saturated carbocycles. The van der Waals surface area contributed by atoms with Crippen molar-refractivity contribution in [1.82, 2.24) is 9.62 Å². The number of carbonyl (C=O) groups is 1. The largest absolute Gasteiger partial charge is 0.353 e. The number of nitrogens with one attached hydrogen (secondary N) is 1. The van der Waals surface area contributed by atoms with Gasteiger partial charge in [-0.1, -0.05) is 36.4 Å². The number of nitrogens with zero attached hydrogens (tertiary/aromatic N) is 1. The molecule has 0 aliphatic carbocycles. The molecule has 1 aromatic carbocycles. The third kappa shape index (κ3) is 5.69. The van der Waals surface area contributed by atoms with Gasteiger partial charge in [0.1, 0.15) is 0 Å². The Kier molecular flexibility index (Phi) is 6.58. The van der Waals surface area contributed by atoms with Gasteiger partial charge in [0.2, 0.25) is 15.9 Å². The second-order valence-corrected chi connectivity index (χ2v) is 6.74. The van der Waals surface area contributed by atoms with E-state index in [1.54, 1.807) is 6.08 Å². The van der Waals surface area contributed by atoms with Crippen LogP contribution in [0.1, 0.15) is 24.9 Å². The SMILES string of the molecule is C=CCNC(=O)CCN(C(C)c1ccccc1)S(C)(=O)=O. The zero-order chi connectivity index (χ0) is 15.9. The predicted molar refractivity (Wildman–Crippen MR) is 84.2 cm³/mol. The zero-order valence-corrected chi connectivity index (χ0v) is 13.3. The Hall–Kier alpha value is -1.66. The zero-order valence-electron chi connectivity index (χ0n) is 12.5. The first kappa shape index (κ1) is 17.4. The van der Waals surface area contributed by atoms with Crippen LogP contribution < -0.4 is 5.32 Å². The molecule has 0 bridgehead atoms. The van der Waals surface area contributed by atoms with Crippen molar-refractivity contribution in [3.8, 4) is 0 Å². The van der Waals surface area contributed by atoms with E-state index >= 15 is 0 Å². The maximum atomic E-state index is 12.0. The molecular weight excluding hydrogens is 288 g/mol. The number of amides is 1. The quantitative estimate of drug-likeness (QED) is 0.743. The fourth-order valence-electron chi connectivity index (χ4n) is 2.03. The lowest BCUT2D eigenvalue weighted by molar-refractivity contribution is -0.121. The Morgan fingerprint density at radius 1 is 1.38 bits per heavy atom. The molecule has 21 heavy (non-hydrogen) atoms. The van der Waals surface area contributed by atoms with E-state index in [4.69, 9.17) is 0 Å². The summed E-state index contributed by atoms with van der Waals surface area (Å²) in [5, 5.41) is 2.64. The Morgan fingerprint density at radius 2 is 2.00 bits per heavy atom. The standard InChI is InChI=1S/C15H22N2O3S/c1-4-11-16-15(18)10-12-17(21(3,19)20)13(2)14-8-6-5-7-9-14/h4-9,13H,1,10-12H2,2-3H3,(H,16,18). The number of hydrogen-bond donors (Lipinski definition) is 1. The van der Waals surface area contributed by atoms with Crippen molar-refractivity contribution in [2.75, 3.05) is 19.3 Å². The normalized spacial score (nSPS) is 12.9. The Morgan fingerprint density at radius 3 is 2.52 bits per heavy atom. The molecule has 116 valence electrons. The van der Waals surface area contributed by atoms with Crippen LogP contribution in [-0.4, -0.2) is 38.0 Å². The van der Waals surface area contributed by atoms with E-state index in [9.17, 15) is 13.2 Å². The summed E-state index contributed by atoms with van der Waals surface area (Å²) in [6, 6.07) is 9.05. The van der Waals surface area contributed by atoms with E-state index in [1.807, 2.05) is 37.3 Å². The van der Waals surface area contributed by atoms with E-state index in [2.05, 4.69) is 11.9 Å². The maximum absolute atomic E-state index is 12.0.